The number of carbonyl (C=O) groups excluding carboxylic acids is 2. The van der Waals surface area contributed by atoms with Gasteiger partial charge in [0.1, 0.15) is 0 Å². The first-order valence-corrected chi connectivity index (χ1v) is 10.8. The van der Waals surface area contributed by atoms with Crippen LogP contribution >= 0.6 is 0 Å². The van der Waals surface area contributed by atoms with Crippen LogP contribution in [0.25, 0.3) is 0 Å². The highest BCUT2D eigenvalue weighted by atomic mass is 16.2. The summed E-state index contributed by atoms with van der Waals surface area (Å²) in [5, 5.41) is 6.15. The summed E-state index contributed by atoms with van der Waals surface area (Å²) in [5.41, 5.74) is 1.25. The van der Waals surface area contributed by atoms with E-state index in [1.54, 1.807) is 0 Å². The lowest BCUT2D eigenvalue weighted by Gasteiger charge is -2.39. The number of nitrogens with zero attached hydrogens (tertiary/aromatic N) is 2. The van der Waals surface area contributed by atoms with Gasteiger partial charge in [-0.3, -0.25) is 14.5 Å². The quantitative estimate of drug-likeness (QED) is 0.814. The lowest BCUT2D eigenvalue weighted by molar-refractivity contribution is -0.135. The monoisotopic (exact) mass is 384 g/mol. The fourth-order valence-corrected chi connectivity index (χ4v) is 5.00. The molecule has 1 aromatic carbocycles. The summed E-state index contributed by atoms with van der Waals surface area (Å²) in [6.07, 6.45) is 6.96. The number of para-hydroxylation sites is 1. The lowest BCUT2D eigenvalue weighted by atomic mass is 10.0. The number of benzene rings is 1. The van der Waals surface area contributed by atoms with Crippen molar-refractivity contribution in [2.24, 2.45) is 0 Å². The van der Waals surface area contributed by atoms with E-state index in [2.05, 4.69) is 44.7 Å². The van der Waals surface area contributed by atoms with Crippen LogP contribution < -0.4 is 15.5 Å². The molecule has 2 N–H and O–H groups in total. The second-order valence-electron chi connectivity index (χ2n) is 8.35. The summed E-state index contributed by atoms with van der Waals surface area (Å²) in [6.45, 7) is 3.47. The van der Waals surface area contributed by atoms with Crippen LogP contribution in [0.5, 0.6) is 0 Å². The van der Waals surface area contributed by atoms with E-state index in [9.17, 15) is 9.59 Å². The predicted octanol–water partition coefficient (Wildman–Crippen LogP) is 1.90. The Labute approximate surface area is 167 Å². The molecule has 0 spiro atoms. The van der Waals surface area contributed by atoms with Crippen molar-refractivity contribution >= 4 is 17.5 Å². The highest BCUT2D eigenvalue weighted by molar-refractivity contribution is 5.89. The standard InChI is InChI=1S/C22H32N4O2/c27-21(16-20-22(28)23-12-15-26(20)19-8-4-5-9-19)24-17-10-13-25(14-11-17)18-6-2-1-3-7-18/h1-3,6-7,17,19-20H,4-5,8-16H2,(H,23,28)(H,24,27). The Morgan fingerprint density at radius 1 is 1.04 bits per heavy atom. The Morgan fingerprint density at radius 2 is 1.75 bits per heavy atom. The lowest BCUT2D eigenvalue weighted by Crippen LogP contribution is -2.59. The molecule has 0 aromatic heterocycles. The first-order valence-electron chi connectivity index (χ1n) is 10.8. The third kappa shape index (κ3) is 4.49. The van der Waals surface area contributed by atoms with Gasteiger partial charge in [-0.25, -0.2) is 0 Å². The van der Waals surface area contributed by atoms with Crippen molar-refractivity contribution in [2.75, 3.05) is 31.1 Å². The van der Waals surface area contributed by atoms with Gasteiger partial charge in [0.15, 0.2) is 0 Å². The van der Waals surface area contributed by atoms with Crippen LogP contribution in [-0.2, 0) is 9.59 Å². The van der Waals surface area contributed by atoms with Gasteiger partial charge < -0.3 is 15.5 Å². The number of nitrogens with one attached hydrogen (secondary N) is 2. The van der Waals surface area contributed by atoms with Crippen molar-refractivity contribution in [1.82, 2.24) is 15.5 Å². The Balaban J connectivity index is 1.28. The fourth-order valence-electron chi connectivity index (χ4n) is 5.00. The molecule has 2 amide bonds. The van der Waals surface area contributed by atoms with Gasteiger partial charge in [-0.05, 0) is 37.8 Å². The van der Waals surface area contributed by atoms with Crippen LogP contribution in [0, 0.1) is 0 Å². The number of piperidine rings is 1. The highest BCUT2D eigenvalue weighted by Crippen LogP contribution is 2.27. The zero-order valence-corrected chi connectivity index (χ0v) is 16.6. The van der Waals surface area contributed by atoms with Crippen LogP contribution in [0.4, 0.5) is 5.69 Å². The molecule has 6 heteroatoms. The molecule has 28 heavy (non-hydrogen) atoms. The first kappa shape index (κ1) is 19.2. The van der Waals surface area contributed by atoms with Gasteiger partial charge in [-0.1, -0.05) is 31.0 Å². The van der Waals surface area contributed by atoms with E-state index in [1.165, 1.54) is 18.5 Å². The maximum Gasteiger partial charge on any atom is 0.237 e. The highest BCUT2D eigenvalue weighted by Gasteiger charge is 2.37. The van der Waals surface area contributed by atoms with E-state index in [0.29, 0.717) is 12.6 Å². The van der Waals surface area contributed by atoms with E-state index in [4.69, 9.17) is 0 Å². The molecular formula is C22H32N4O2. The third-order valence-electron chi connectivity index (χ3n) is 6.53. The Morgan fingerprint density at radius 3 is 2.46 bits per heavy atom. The van der Waals surface area contributed by atoms with Crippen molar-refractivity contribution in [1.29, 1.82) is 0 Å². The summed E-state index contributed by atoms with van der Waals surface area (Å²) < 4.78 is 0. The van der Waals surface area contributed by atoms with Crippen molar-refractivity contribution in [3.63, 3.8) is 0 Å². The SMILES string of the molecule is O=C(CC1C(=O)NCCN1C1CCCC1)NC1CCN(c2ccccc2)CC1. The van der Waals surface area contributed by atoms with E-state index < -0.39 is 0 Å². The summed E-state index contributed by atoms with van der Waals surface area (Å²) >= 11 is 0. The van der Waals surface area contributed by atoms with Gasteiger partial charge in [0.25, 0.3) is 0 Å². The molecule has 4 rings (SSSR count). The van der Waals surface area contributed by atoms with E-state index in [-0.39, 0.29) is 30.3 Å². The molecule has 0 bridgehead atoms. The van der Waals surface area contributed by atoms with Gasteiger partial charge in [-0.15, -0.1) is 0 Å². The second-order valence-corrected chi connectivity index (χ2v) is 8.35. The molecular weight excluding hydrogens is 352 g/mol. The van der Waals surface area contributed by atoms with E-state index in [0.717, 1.165) is 45.3 Å². The van der Waals surface area contributed by atoms with Crippen LogP contribution in [0.3, 0.4) is 0 Å². The molecule has 152 valence electrons. The number of piperazine rings is 1. The summed E-state index contributed by atoms with van der Waals surface area (Å²) in [6, 6.07) is 10.8. The molecule has 1 saturated carbocycles. The fraction of sp³-hybridized carbons (Fsp3) is 0.636. The van der Waals surface area contributed by atoms with Crippen LogP contribution in [-0.4, -0.2) is 61.0 Å². The maximum atomic E-state index is 12.7. The largest absolute Gasteiger partial charge is 0.371 e. The molecule has 2 aliphatic heterocycles. The topological polar surface area (TPSA) is 64.7 Å². The summed E-state index contributed by atoms with van der Waals surface area (Å²) in [5.74, 6) is 0.0374. The smallest absolute Gasteiger partial charge is 0.237 e. The van der Waals surface area contributed by atoms with Crippen molar-refractivity contribution in [3.8, 4) is 0 Å². The molecule has 1 aliphatic carbocycles. The normalized spacial score (nSPS) is 24.9. The van der Waals surface area contributed by atoms with Crippen molar-refractivity contribution in [3.05, 3.63) is 30.3 Å². The minimum Gasteiger partial charge on any atom is -0.371 e. The average Bonchev–Trinajstić information content (AvgIpc) is 3.25. The molecule has 6 nitrogen and oxygen atoms in total. The molecule has 0 radical (unpaired) electrons. The Bertz CT molecular complexity index is 666. The van der Waals surface area contributed by atoms with Crippen LogP contribution in [0.15, 0.2) is 30.3 Å². The van der Waals surface area contributed by atoms with Crippen LogP contribution in [0.2, 0.25) is 0 Å². The Hall–Kier alpha value is -2.08. The maximum absolute atomic E-state index is 12.7. The molecule has 3 fully saturated rings. The number of carbonyl (C=O) groups is 2. The number of rotatable bonds is 5. The van der Waals surface area contributed by atoms with Crippen LogP contribution in [0.1, 0.15) is 44.9 Å². The average molecular weight is 385 g/mol. The molecule has 2 saturated heterocycles. The molecule has 3 aliphatic rings. The molecule has 2 heterocycles. The van der Waals surface area contributed by atoms with Crippen molar-refractivity contribution in [2.45, 2.75) is 63.1 Å². The first-order chi connectivity index (χ1) is 13.7. The predicted molar refractivity (Wildman–Crippen MR) is 110 cm³/mol. The second kappa shape index (κ2) is 8.95. The number of amides is 2. The Kier molecular flexibility index (Phi) is 6.15. The minimum absolute atomic E-state index is 0.0169. The molecule has 1 unspecified atom stereocenters. The van der Waals surface area contributed by atoms with E-state index >= 15 is 0 Å². The zero-order chi connectivity index (χ0) is 19.3. The summed E-state index contributed by atoms with van der Waals surface area (Å²) in [4.78, 5) is 29.8. The third-order valence-corrected chi connectivity index (χ3v) is 6.53. The van der Waals surface area contributed by atoms with Gasteiger partial charge >= 0.3 is 0 Å². The van der Waals surface area contributed by atoms with Gasteiger partial charge in [0, 0.05) is 44.0 Å². The zero-order valence-electron chi connectivity index (χ0n) is 16.6. The minimum atomic E-state index is -0.304. The van der Waals surface area contributed by atoms with E-state index in [1.807, 2.05) is 6.07 Å². The van der Waals surface area contributed by atoms with Gasteiger partial charge in [0.05, 0.1) is 12.5 Å². The number of anilines is 1. The number of hydrogen-bond donors (Lipinski definition) is 2. The van der Waals surface area contributed by atoms with Gasteiger partial charge in [-0.2, -0.15) is 0 Å². The molecule has 1 atom stereocenters. The van der Waals surface area contributed by atoms with Crippen molar-refractivity contribution < 1.29 is 9.59 Å². The summed E-state index contributed by atoms with van der Waals surface area (Å²) in [7, 11) is 0. The van der Waals surface area contributed by atoms with Gasteiger partial charge in [0.2, 0.25) is 11.8 Å². The number of hydrogen-bond acceptors (Lipinski definition) is 4. The molecule has 1 aromatic rings.